The number of nitrogens with zero attached hydrogens (tertiary/aromatic N) is 6. The van der Waals surface area contributed by atoms with Crippen molar-refractivity contribution in [2.45, 2.75) is 5.25 Å². The van der Waals surface area contributed by atoms with Gasteiger partial charge in [0.15, 0.2) is 9.84 Å². The Morgan fingerprint density at radius 2 is 1.41 bits per heavy atom. The molecule has 0 saturated carbocycles. The van der Waals surface area contributed by atoms with Gasteiger partial charge >= 0.3 is 0 Å². The van der Waals surface area contributed by atoms with Gasteiger partial charge < -0.3 is 0 Å². The molecule has 0 aliphatic carbocycles. The summed E-state index contributed by atoms with van der Waals surface area (Å²) in [6, 6.07) is 9.60. The third kappa shape index (κ3) is 3.98. The molecule has 3 N–H and O–H groups in total. The van der Waals surface area contributed by atoms with Gasteiger partial charge in [0, 0.05) is 24.2 Å². The fourth-order valence-corrected chi connectivity index (χ4v) is 6.45. The van der Waals surface area contributed by atoms with Crippen LogP contribution in [0.2, 0.25) is 0 Å². The molecule has 0 spiro atoms. The lowest BCUT2D eigenvalue weighted by atomic mass is 9.90. The average molecular weight is 510 g/mol. The summed E-state index contributed by atoms with van der Waals surface area (Å²) >= 11 is 0. The molecule has 0 bridgehead atoms. The second kappa shape index (κ2) is 9.24. The molecule has 1 unspecified atom stereocenters. The summed E-state index contributed by atoms with van der Waals surface area (Å²) in [5.41, 5.74) is 11.1. The van der Waals surface area contributed by atoms with Gasteiger partial charge in [0.25, 0.3) is 0 Å². The topological polar surface area (TPSA) is 144 Å². The van der Waals surface area contributed by atoms with E-state index in [0.717, 1.165) is 16.3 Å². The summed E-state index contributed by atoms with van der Waals surface area (Å²) < 4.78 is 28.7. The van der Waals surface area contributed by atoms with Crippen LogP contribution >= 0.6 is 0 Å². The smallest absolute Gasteiger partial charge is 0.193 e. The first-order valence-electron chi connectivity index (χ1n) is 11.3. The molecule has 0 radical (unpaired) electrons. The molecule has 11 nitrogen and oxygen atoms in total. The summed E-state index contributed by atoms with van der Waals surface area (Å²) in [7, 11) is -4.06. The maximum atomic E-state index is 14.4. The third-order valence-corrected chi connectivity index (χ3v) is 8.06. The van der Waals surface area contributed by atoms with Gasteiger partial charge in [-0.15, -0.1) is 15.3 Å². The molecule has 4 aliphatic rings. The van der Waals surface area contributed by atoms with Crippen molar-refractivity contribution >= 4 is 32.4 Å². The molecule has 182 valence electrons. The van der Waals surface area contributed by atoms with E-state index in [4.69, 9.17) is 0 Å². The molecule has 4 aliphatic heterocycles. The Bertz CT molecular complexity index is 1720. The largest absolute Gasteiger partial charge is 0.267 e. The summed E-state index contributed by atoms with van der Waals surface area (Å²) in [6.07, 6.45) is 16.6. The van der Waals surface area contributed by atoms with Crippen molar-refractivity contribution in [3.8, 4) is 0 Å². The second-order valence-electron chi connectivity index (χ2n) is 8.17. The first kappa shape index (κ1) is 22.5. The Balaban J connectivity index is 1.71. The molecule has 2 aromatic rings. The van der Waals surface area contributed by atoms with Gasteiger partial charge in [-0.05, 0) is 64.4 Å². The molecule has 4 heterocycles. The monoisotopic (exact) mass is 509 g/mol. The maximum Gasteiger partial charge on any atom is 0.193 e. The zero-order valence-electron chi connectivity index (χ0n) is 19.1. The lowest BCUT2D eigenvalue weighted by molar-refractivity contribution is 0.593. The quantitative estimate of drug-likeness (QED) is 0.520. The highest BCUT2D eigenvalue weighted by molar-refractivity contribution is 7.96. The van der Waals surface area contributed by atoms with Crippen LogP contribution in [0.4, 0.5) is 0 Å². The first-order chi connectivity index (χ1) is 18.1. The highest BCUT2D eigenvalue weighted by Gasteiger charge is 2.42. The van der Waals surface area contributed by atoms with Crippen LogP contribution in [-0.2, 0) is 9.84 Å². The van der Waals surface area contributed by atoms with Crippen molar-refractivity contribution in [1.82, 2.24) is 16.3 Å². The molecular weight excluding hydrogens is 490 g/mol. The number of hydrogen-bond acceptors (Lipinski definition) is 11. The Morgan fingerprint density at radius 1 is 0.730 bits per heavy atom. The Labute approximate surface area is 211 Å². The number of fused-ring (bicyclic) bond motifs is 3. The molecular formula is C25H19N9O2S. The van der Waals surface area contributed by atoms with E-state index in [0.29, 0.717) is 16.8 Å². The minimum absolute atomic E-state index is 0.0386. The molecule has 0 saturated heterocycles. The summed E-state index contributed by atoms with van der Waals surface area (Å²) in [5, 5.41) is 24.8. The van der Waals surface area contributed by atoms with E-state index >= 15 is 0 Å². The molecule has 0 amide bonds. The lowest BCUT2D eigenvalue weighted by Gasteiger charge is -2.28. The summed E-state index contributed by atoms with van der Waals surface area (Å²) in [4.78, 5) is 0.0386. The first-order valence-corrected chi connectivity index (χ1v) is 12.8. The van der Waals surface area contributed by atoms with Crippen LogP contribution in [-0.4, -0.2) is 8.42 Å². The fraction of sp³-hybridized carbons (Fsp3) is 0.0400. The number of allylic oxidation sites excluding steroid dienone is 6. The Kier molecular flexibility index (Phi) is 5.62. The number of hydrogen-bond donors (Lipinski definition) is 3. The minimum Gasteiger partial charge on any atom is -0.267 e. The van der Waals surface area contributed by atoms with Crippen molar-refractivity contribution in [2.24, 2.45) is 31.0 Å². The normalized spacial score (nSPS) is 21.2. The molecule has 1 atom stereocenters. The summed E-state index contributed by atoms with van der Waals surface area (Å²) in [5.74, 6) is 0. The molecule has 2 aromatic carbocycles. The van der Waals surface area contributed by atoms with E-state index < -0.39 is 15.1 Å². The molecule has 37 heavy (non-hydrogen) atoms. The van der Waals surface area contributed by atoms with Crippen molar-refractivity contribution in [1.29, 1.82) is 0 Å². The van der Waals surface area contributed by atoms with Gasteiger partial charge in [-0.3, -0.25) is 16.3 Å². The van der Waals surface area contributed by atoms with E-state index in [-0.39, 0.29) is 16.3 Å². The number of sulfone groups is 1. The Hall–Kier alpha value is -4.97. The van der Waals surface area contributed by atoms with E-state index in [1.165, 1.54) is 0 Å². The van der Waals surface area contributed by atoms with Gasteiger partial charge in [0.2, 0.25) is 0 Å². The molecule has 12 heteroatoms. The predicted molar refractivity (Wildman–Crippen MR) is 139 cm³/mol. The van der Waals surface area contributed by atoms with Crippen molar-refractivity contribution < 1.29 is 8.42 Å². The van der Waals surface area contributed by atoms with Gasteiger partial charge in [-0.2, -0.15) is 0 Å². The number of rotatable bonds is 3. The highest BCUT2D eigenvalue weighted by atomic mass is 32.2. The van der Waals surface area contributed by atoms with E-state index in [1.54, 1.807) is 55.1 Å². The van der Waals surface area contributed by atoms with E-state index in [9.17, 15) is 8.42 Å². The van der Waals surface area contributed by atoms with E-state index in [1.807, 2.05) is 36.4 Å². The van der Waals surface area contributed by atoms with Crippen LogP contribution in [0.25, 0.3) is 22.5 Å². The van der Waals surface area contributed by atoms with Crippen LogP contribution in [0.15, 0.2) is 133 Å². The highest BCUT2D eigenvalue weighted by Crippen LogP contribution is 2.48. The summed E-state index contributed by atoms with van der Waals surface area (Å²) in [6.45, 7) is 0. The van der Waals surface area contributed by atoms with Crippen molar-refractivity contribution in [3.63, 3.8) is 0 Å². The lowest BCUT2D eigenvalue weighted by Crippen LogP contribution is -2.23. The van der Waals surface area contributed by atoms with Gasteiger partial charge in [0.05, 0.1) is 16.3 Å². The molecule has 6 rings (SSSR count). The SMILES string of the molecule is O=S1(=O)C(C2=CC=CNN=N2)=Cc2ccc3cccc(C4=CC=CNN=N4)c3c2C1C1=CC=CNN=N1. The zero-order valence-corrected chi connectivity index (χ0v) is 20.0. The van der Waals surface area contributed by atoms with E-state index in [2.05, 4.69) is 47.3 Å². The van der Waals surface area contributed by atoms with Crippen LogP contribution < -0.4 is 16.3 Å². The minimum atomic E-state index is -4.06. The number of nitrogens with one attached hydrogen (secondary N) is 3. The maximum absolute atomic E-state index is 14.4. The van der Waals surface area contributed by atoms with Crippen LogP contribution in [0.5, 0.6) is 0 Å². The third-order valence-electron chi connectivity index (χ3n) is 6.02. The van der Waals surface area contributed by atoms with Crippen molar-refractivity contribution in [3.05, 3.63) is 118 Å². The van der Waals surface area contributed by atoms with Gasteiger partial charge in [-0.1, -0.05) is 46.0 Å². The molecule has 0 aromatic heterocycles. The fourth-order valence-electron chi connectivity index (χ4n) is 4.50. The average Bonchev–Trinajstić information content (AvgIpc) is 3.44. The van der Waals surface area contributed by atoms with Gasteiger partial charge in [0.1, 0.15) is 10.9 Å². The zero-order chi connectivity index (χ0) is 25.2. The molecule has 0 fully saturated rings. The van der Waals surface area contributed by atoms with Crippen LogP contribution in [0.1, 0.15) is 21.9 Å². The van der Waals surface area contributed by atoms with Crippen LogP contribution in [0, 0.1) is 0 Å². The standard InChI is InChI=1S/C25H19N9O2S/c35-37(36)22(20-8-3-13-27-33-30-20)15-17-11-10-16-5-1-6-18(19-7-2-12-26-32-29-19)23(16)24(17)25(37)21-9-4-14-28-34-31-21/h1-15,25H,(H,26,29)(H,27,30)(H,28,31). The predicted octanol–water partition coefficient (Wildman–Crippen LogP) is 5.21. The van der Waals surface area contributed by atoms with Crippen molar-refractivity contribution in [2.75, 3.05) is 0 Å². The number of benzene rings is 2. The van der Waals surface area contributed by atoms with Crippen LogP contribution in [0.3, 0.4) is 0 Å². The van der Waals surface area contributed by atoms with Gasteiger partial charge in [-0.25, -0.2) is 8.42 Å². The Morgan fingerprint density at radius 3 is 2.19 bits per heavy atom. The second-order valence-corrected chi connectivity index (χ2v) is 10.2.